The minimum Gasteiger partial charge on any atom is -0.481 e. The Balaban J connectivity index is 2.18. The molecular formula is C20H24O5S. The lowest BCUT2D eigenvalue weighted by Crippen LogP contribution is -2.35. The van der Waals surface area contributed by atoms with Gasteiger partial charge in [-0.3, -0.25) is 4.79 Å². The number of aryl methyl sites for hydroxylation is 1. The van der Waals surface area contributed by atoms with Crippen molar-refractivity contribution < 1.29 is 23.4 Å². The van der Waals surface area contributed by atoms with Crippen LogP contribution in [-0.2, 0) is 21.1 Å². The molecule has 2 atom stereocenters. The molecule has 2 rings (SSSR count). The topological polar surface area (TPSA) is 91.7 Å². The highest BCUT2D eigenvalue weighted by Crippen LogP contribution is 2.25. The van der Waals surface area contributed by atoms with Crippen LogP contribution in [0.15, 0.2) is 65.6 Å². The van der Waals surface area contributed by atoms with Gasteiger partial charge in [0.1, 0.15) is 0 Å². The van der Waals surface area contributed by atoms with Gasteiger partial charge in [-0.25, -0.2) is 8.42 Å². The first-order valence-corrected chi connectivity index (χ1v) is 10.2. The van der Waals surface area contributed by atoms with Crippen LogP contribution in [0.5, 0.6) is 0 Å². The van der Waals surface area contributed by atoms with E-state index in [0.717, 1.165) is 5.56 Å². The first kappa shape index (κ1) is 20.1. The molecular weight excluding hydrogens is 352 g/mol. The summed E-state index contributed by atoms with van der Waals surface area (Å²) in [5.41, 5.74) is 0.999. The highest BCUT2D eigenvalue weighted by atomic mass is 32.2. The second kappa shape index (κ2) is 9.50. The Kier molecular flexibility index (Phi) is 7.36. The zero-order chi connectivity index (χ0) is 19.0. The number of carboxylic acid groups (broad SMARTS) is 1. The number of aliphatic hydroxyl groups is 1. The van der Waals surface area contributed by atoms with Crippen LogP contribution in [0, 0.1) is 0 Å². The van der Waals surface area contributed by atoms with Crippen LogP contribution in [0.2, 0.25) is 0 Å². The van der Waals surface area contributed by atoms with Gasteiger partial charge in [-0.1, -0.05) is 48.5 Å². The first-order chi connectivity index (χ1) is 12.4. The third-order valence-corrected chi connectivity index (χ3v) is 6.63. The van der Waals surface area contributed by atoms with Crippen molar-refractivity contribution in [2.75, 3.05) is 0 Å². The SMILES string of the molecule is O=C(O)CCCC(O)C(CCc1ccccc1)S(=O)(=O)c1ccccc1. The highest BCUT2D eigenvalue weighted by molar-refractivity contribution is 7.92. The Morgan fingerprint density at radius 3 is 2.08 bits per heavy atom. The van der Waals surface area contributed by atoms with Crippen molar-refractivity contribution in [2.24, 2.45) is 0 Å². The van der Waals surface area contributed by atoms with Gasteiger partial charge in [-0.05, 0) is 43.4 Å². The van der Waals surface area contributed by atoms with Gasteiger partial charge in [0, 0.05) is 6.42 Å². The average molecular weight is 376 g/mol. The third kappa shape index (κ3) is 5.68. The number of benzene rings is 2. The van der Waals surface area contributed by atoms with Gasteiger partial charge in [-0.2, -0.15) is 0 Å². The molecule has 0 aliphatic heterocycles. The van der Waals surface area contributed by atoms with Gasteiger partial charge in [0.15, 0.2) is 9.84 Å². The maximum Gasteiger partial charge on any atom is 0.303 e. The van der Waals surface area contributed by atoms with Crippen LogP contribution in [0.3, 0.4) is 0 Å². The van der Waals surface area contributed by atoms with Gasteiger partial charge < -0.3 is 10.2 Å². The van der Waals surface area contributed by atoms with E-state index in [1.165, 1.54) is 12.1 Å². The Morgan fingerprint density at radius 1 is 0.923 bits per heavy atom. The molecule has 0 radical (unpaired) electrons. The van der Waals surface area contributed by atoms with E-state index >= 15 is 0 Å². The lowest BCUT2D eigenvalue weighted by molar-refractivity contribution is -0.137. The fourth-order valence-corrected chi connectivity index (χ4v) is 4.81. The molecule has 2 aromatic rings. The monoisotopic (exact) mass is 376 g/mol. The Morgan fingerprint density at radius 2 is 1.50 bits per heavy atom. The van der Waals surface area contributed by atoms with E-state index < -0.39 is 27.2 Å². The normalized spacial score (nSPS) is 13.9. The third-order valence-electron chi connectivity index (χ3n) is 4.35. The minimum absolute atomic E-state index is 0.0894. The molecule has 5 nitrogen and oxygen atoms in total. The van der Waals surface area contributed by atoms with E-state index in [9.17, 15) is 18.3 Å². The molecule has 6 heteroatoms. The van der Waals surface area contributed by atoms with Crippen molar-refractivity contribution in [1.82, 2.24) is 0 Å². The van der Waals surface area contributed by atoms with Gasteiger partial charge >= 0.3 is 5.97 Å². The molecule has 2 aromatic carbocycles. The Bertz CT molecular complexity index is 787. The number of hydrogen-bond acceptors (Lipinski definition) is 4. The van der Waals surface area contributed by atoms with Crippen molar-refractivity contribution >= 4 is 15.8 Å². The van der Waals surface area contributed by atoms with Gasteiger partial charge in [0.2, 0.25) is 0 Å². The number of hydrogen-bond donors (Lipinski definition) is 2. The summed E-state index contributed by atoms with van der Waals surface area (Å²) in [6.07, 6.45) is -0.0274. The molecule has 0 aromatic heterocycles. The predicted molar refractivity (Wildman–Crippen MR) is 99.7 cm³/mol. The number of aliphatic hydroxyl groups excluding tert-OH is 1. The van der Waals surface area contributed by atoms with Crippen LogP contribution in [0.25, 0.3) is 0 Å². The molecule has 0 fully saturated rings. The molecule has 0 amide bonds. The number of rotatable bonds is 10. The van der Waals surface area contributed by atoms with E-state index in [2.05, 4.69) is 0 Å². The molecule has 0 saturated carbocycles. The molecule has 0 spiro atoms. The summed E-state index contributed by atoms with van der Waals surface area (Å²) in [7, 11) is -3.72. The summed E-state index contributed by atoms with van der Waals surface area (Å²) in [5.74, 6) is -0.955. The number of carbonyl (C=O) groups is 1. The molecule has 0 aliphatic carbocycles. The largest absolute Gasteiger partial charge is 0.481 e. The molecule has 0 heterocycles. The second-order valence-corrected chi connectivity index (χ2v) is 8.44. The summed E-state index contributed by atoms with van der Waals surface area (Å²) in [6, 6.07) is 17.6. The maximum absolute atomic E-state index is 13.0. The van der Waals surface area contributed by atoms with Crippen molar-refractivity contribution in [3.8, 4) is 0 Å². The highest BCUT2D eigenvalue weighted by Gasteiger charge is 2.33. The Labute approximate surface area is 154 Å². The number of aliphatic carboxylic acids is 1. The van der Waals surface area contributed by atoms with Crippen molar-refractivity contribution in [1.29, 1.82) is 0 Å². The molecule has 2 N–H and O–H groups in total. The van der Waals surface area contributed by atoms with E-state index in [4.69, 9.17) is 5.11 Å². The average Bonchev–Trinajstić information content (AvgIpc) is 2.63. The van der Waals surface area contributed by atoms with Crippen molar-refractivity contribution in [3.05, 3.63) is 66.2 Å². The lowest BCUT2D eigenvalue weighted by atomic mass is 10.0. The van der Waals surface area contributed by atoms with Crippen molar-refractivity contribution in [2.45, 2.75) is 48.4 Å². The molecule has 2 unspecified atom stereocenters. The zero-order valence-corrected chi connectivity index (χ0v) is 15.3. The zero-order valence-electron chi connectivity index (χ0n) is 14.5. The fraction of sp³-hybridized carbons (Fsp3) is 0.350. The van der Waals surface area contributed by atoms with Crippen LogP contribution in [0.4, 0.5) is 0 Å². The Hall–Kier alpha value is -2.18. The standard InChI is InChI=1S/C20H24O5S/c21-18(12-7-13-20(22)23)19(15-14-16-8-3-1-4-9-16)26(24,25)17-10-5-2-6-11-17/h1-6,8-11,18-19,21H,7,12-15H2,(H,22,23). The van der Waals surface area contributed by atoms with E-state index in [-0.39, 0.29) is 30.6 Å². The summed E-state index contributed by atoms with van der Waals surface area (Å²) in [5, 5.41) is 18.3. The summed E-state index contributed by atoms with van der Waals surface area (Å²) in [4.78, 5) is 10.9. The smallest absolute Gasteiger partial charge is 0.303 e. The molecule has 26 heavy (non-hydrogen) atoms. The number of sulfone groups is 1. The minimum atomic E-state index is -3.72. The quantitative estimate of drug-likeness (QED) is 0.665. The van der Waals surface area contributed by atoms with Crippen LogP contribution in [0.1, 0.15) is 31.2 Å². The fourth-order valence-electron chi connectivity index (χ4n) is 2.94. The van der Waals surface area contributed by atoms with Crippen LogP contribution in [-0.4, -0.2) is 36.0 Å². The molecule has 0 aliphatic rings. The summed E-state index contributed by atoms with van der Waals surface area (Å²) < 4.78 is 26.0. The maximum atomic E-state index is 13.0. The first-order valence-electron chi connectivity index (χ1n) is 8.64. The second-order valence-electron chi connectivity index (χ2n) is 6.27. The molecule has 0 saturated heterocycles. The van der Waals surface area contributed by atoms with E-state index in [1.54, 1.807) is 18.2 Å². The van der Waals surface area contributed by atoms with Crippen molar-refractivity contribution in [3.63, 3.8) is 0 Å². The summed E-state index contributed by atoms with van der Waals surface area (Å²) in [6.45, 7) is 0. The van der Waals surface area contributed by atoms with Gasteiger partial charge in [0.05, 0.1) is 16.2 Å². The van der Waals surface area contributed by atoms with Gasteiger partial charge in [0.25, 0.3) is 0 Å². The van der Waals surface area contributed by atoms with Gasteiger partial charge in [-0.15, -0.1) is 0 Å². The number of carboxylic acids is 1. The molecule has 0 bridgehead atoms. The van der Waals surface area contributed by atoms with E-state index in [0.29, 0.717) is 6.42 Å². The predicted octanol–water partition coefficient (Wildman–Crippen LogP) is 3.08. The van der Waals surface area contributed by atoms with E-state index in [1.807, 2.05) is 30.3 Å². The molecule has 140 valence electrons. The van der Waals surface area contributed by atoms with Crippen LogP contribution >= 0.6 is 0 Å². The summed E-state index contributed by atoms with van der Waals surface area (Å²) >= 11 is 0. The van der Waals surface area contributed by atoms with Crippen LogP contribution < -0.4 is 0 Å². The lowest BCUT2D eigenvalue weighted by Gasteiger charge is -2.23.